The molecule has 0 aliphatic heterocycles. The van der Waals surface area contributed by atoms with Crippen LogP contribution in [0.5, 0.6) is 5.75 Å². The number of nitrogens with one attached hydrogen (secondary N) is 2. The summed E-state index contributed by atoms with van der Waals surface area (Å²) in [5.74, 6) is -0.195. The van der Waals surface area contributed by atoms with Crippen molar-refractivity contribution in [2.24, 2.45) is 0 Å². The number of sulfonamides is 1. The van der Waals surface area contributed by atoms with Crippen LogP contribution in [0.15, 0.2) is 53.4 Å². The average Bonchev–Trinajstić information content (AvgIpc) is 3.07. The molecule has 0 radical (unpaired) electrons. The first-order valence-corrected chi connectivity index (χ1v) is 12.1. The lowest BCUT2D eigenvalue weighted by atomic mass is 10.1. The van der Waals surface area contributed by atoms with E-state index in [4.69, 9.17) is 4.74 Å². The third-order valence-corrected chi connectivity index (χ3v) is 6.67. The fourth-order valence-electron chi connectivity index (χ4n) is 3.53. The Hall–Kier alpha value is -3.17. The molecule has 0 saturated carbocycles. The summed E-state index contributed by atoms with van der Waals surface area (Å²) < 4.78 is 35.0. The number of carbonyl (C=O) groups excluding carboxylic acids is 1. The third kappa shape index (κ3) is 6.21. The zero-order chi connectivity index (χ0) is 24.2. The van der Waals surface area contributed by atoms with Crippen LogP contribution in [0, 0.1) is 13.8 Å². The molecule has 9 heteroatoms. The van der Waals surface area contributed by atoms with Gasteiger partial charge in [-0.2, -0.15) is 5.10 Å². The summed E-state index contributed by atoms with van der Waals surface area (Å²) >= 11 is 0. The smallest absolute Gasteiger partial charge is 0.251 e. The molecule has 0 saturated heterocycles. The van der Waals surface area contributed by atoms with Crippen molar-refractivity contribution in [1.29, 1.82) is 0 Å². The van der Waals surface area contributed by atoms with Crippen LogP contribution in [0.2, 0.25) is 0 Å². The summed E-state index contributed by atoms with van der Waals surface area (Å²) in [6.07, 6.45) is 0. The van der Waals surface area contributed by atoms with Crippen molar-refractivity contribution in [3.63, 3.8) is 0 Å². The van der Waals surface area contributed by atoms with Gasteiger partial charge in [0, 0.05) is 23.8 Å². The normalized spacial score (nSPS) is 11.6. The molecular weight excluding hydrogens is 440 g/mol. The molecule has 0 aliphatic rings. The van der Waals surface area contributed by atoms with E-state index in [0.29, 0.717) is 13.1 Å². The lowest BCUT2D eigenvalue weighted by Crippen LogP contribution is -2.31. The summed E-state index contributed by atoms with van der Waals surface area (Å²) in [6, 6.07) is 14.0. The number of aryl methyl sites for hydroxylation is 2. The van der Waals surface area contributed by atoms with Gasteiger partial charge in [0.1, 0.15) is 10.6 Å². The van der Waals surface area contributed by atoms with Gasteiger partial charge in [-0.3, -0.25) is 9.48 Å². The summed E-state index contributed by atoms with van der Waals surface area (Å²) in [5, 5.41) is 7.35. The molecule has 0 unspecified atom stereocenters. The minimum atomic E-state index is -3.83. The van der Waals surface area contributed by atoms with E-state index in [-0.39, 0.29) is 28.2 Å². The molecule has 0 fully saturated rings. The zero-order valence-electron chi connectivity index (χ0n) is 19.5. The highest BCUT2D eigenvalue weighted by Crippen LogP contribution is 2.25. The summed E-state index contributed by atoms with van der Waals surface area (Å²) in [7, 11) is -2.43. The lowest BCUT2D eigenvalue weighted by Gasteiger charge is -2.14. The number of hydrogen-bond acceptors (Lipinski definition) is 5. The van der Waals surface area contributed by atoms with Crippen LogP contribution in [0.1, 0.15) is 46.7 Å². The molecule has 3 rings (SSSR count). The van der Waals surface area contributed by atoms with Crippen LogP contribution in [-0.4, -0.2) is 37.3 Å². The quantitative estimate of drug-likeness (QED) is 0.500. The van der Waals surface area contributed by atoms with Crippen molar-refractivity contribution in [3.8, 4) is 5.75 Å². The van der Waals surface area contributed by atoms with E-state index in [1.807, 2.05) is 48.9 Å². The molecule has 1 aromatic heterocycles. The number of carbonyl (C=O) groups is 1. The second-order valence-corrected chi connectivity index (χ2v) is 9.91. The van der Waals surface area contributed by atoms with Gasteiger partial charge in [-0.25, -0.2) is 13.1 Å². The Balaban J connectivity index is 1.73. The Morgan fingerprint density at radius 1 is 1.09 bits per heavy atom. The highest BCUT2D eigenvalue weighted by atomic mass is 32.2. The van der Waals surface area contributed by atoms with E-state index in [2.05, 4.69) is 15.1 Å². The van der Waals surface area contributed by atoms with Crippen LogP contribution < -0.4 is 14.8 Å². The number of rotatable bonds is 9. The van der Waals surface area contributed by atoms with Crippen molar-refractivity contribution in [3.05, 3.63) is 76.6 Å². The van der Waals surface area contributed by atoms with Gasteiger partial charge in [-0.1, -0.05) is 24.3 Å². The van der Waals surface area contributed by atoms with Gasteiger partial charge < -0.3 is 10.1 Å². The molecule has 1 amide bonds. The number of aromatic nitrogens is 2. The zero-order valence-corrected chi connectivity index (χ0v) is 20.4. The van der Waals surface area contributed by atoms with Crippen LogP contribution in [0.4, 0.5) is 0 Å². The van der Waals surface area contributed by atoms with Crippen molar-refractivity contribution in [1.82, 2.24) is 19.8 Å². The molecule has 33 heavy (non-hydrogen) atoms. The molecule has 2 aromatic carbocycles. The van der Waals surface area contributed by atoms with Crippen molar-refractivity contribution >= 4 is 15.9 Å². The number of hydrogen-bond donors (Lipinski definition) is 2. The maximum absolute atomic E-state index is 12.8. The van der Waals surface area contributed by atoms with E-state index in [1.165, 1.54) is 19.2 Å². The van der Waals surface area contributed by atoms with Crippen LogP contribution in [0.25, 0.3) is 0 Å². The highest BCUT2D eigenvalue weighted by Gasteiger charge is 2.22. The Kier molecular flexibility index (Phi) is 7.55. The first-order valence-electron chi connectivity index (χ1n) is 10.7. The second kappa shape index (κ2) is 10.2. The van der Waals surface area contributed by atoms with Gasteiger partial charge in [0.25, 0.3) is 5.91 Å². The standard InChI is InChI=1S/C24H30N4O4S/c1-16(2)27-33(30,31)23-13-21(9-10-22(23)32-5)24(29)25-14-19-7-6-8-20(12-19)15-28-18(4)11-17(3)26-28/h6-13,16,27H,14-15H2,1-5H3,(H,25,29). The van der Waals surface area contributed by atoms with Crippen LogP contribution in [0.3, 0.4) is 0 Å². The topological polar surface area (TPSA) is 102 Å². The van der Waals surface area contributed by atoms with Crippen LogP contribution >= 0.6 is 0 Å². The Morgan fingerprint density at radius 3 is 2.45 bits per heavy atom. The SMILES string of the molecule is COc1ccc(C(=O)NCc2cccc(Cn3nc(C)cc3C)c2)cc1S(=O)(=O)NC(C)C. The molecule has 0 atom stereocenters. The lowest BCUT2D eigenvalue weighted by molar-refractivity contribution is 0.0950. The molecule has 8 nitrogen and oxygen atoms in total. The number of benzene rings is 2. The average molecular weight is 471 g/mol. The van der Waals surface area contributed by atoms with Gasteiger partial charge in [0.2, 0.25) is 10.0 Å². The monoisotopic (exact) mass is 470 g/mol. The van der Waals surface area contributed by atoms with Gasteiger partial charge in [-0.05, 0) is 63.1 Å². The molecule has 0 bridgehead atoms. The Morgan fingerprint density at radius 2 is 1.82 bits per heavy atom. The number of ether oxygens (including phenoxy) is 1. The number of methoxy groups -OCH3 is 1. The Bertz CT molecular complexity index is 1250. The second-order valence-electron chi connectivity index (χ2n) is 8.23. The molecule has 0 spiro atoms. The van der Waals surface area contributed by atoms with Gasteiger partial charge in [-0.15, -0.1) is 0 Å². The molecule has 2 N–H and O–H groups in total. The molecular formula is C24H30N4O4S. The fourth-order valence-corrected chi connectivity index (χ4v) is 4.98. The minimum Gasteiger partial charge on any atom is -0.495 e. The first-order chi connectivity index (χ1) is 15.6. The highest BCUT2D eigenvalue weighted by molar-refractivity contribution is 7.89. The summed E-state index contributed by atoms with van der Waals surface area (Å²) in [4.78, 5) is 12.7. The van der Waals surface area contributed by atoms with E-state index in [9.17, 15) is 13.2 Å². The van der Waals surface area contributed by atoms with Crippen LogP contribution in [-0.2, 0) is 23.1 Å². The fraction of sp³-hybridized carbons (Fsp3) is 0.333. The number of nitrogens with zero attached hydrogens (tertiary/aromatic N) is 2. The summed E-state index contributed by atoms with van der Waals surface area (Å²) in [6.45, 7) is 8.38. The summed E-state index contributed by atoms with van der Waals surface area (Å²) in [5.41, 5.74) is 4.30. The number of amides is 1. The van der Waals surface area contributed by atoms with Crippen molar-refractivity contribution in [2.75, 3.05) is 7.11 Å². The van der Waals surface area contributed by atoms with E-state index < -0.39 is 10.0 Å². The molecule has 3 aromatic rings. The van der Waals surface area contributed by atoms with E-state index >= 15 is 0 Å². The molecule has 1 heterocycles. The first kappa shape index (κ1) is 24.5. The Labute approximate surface area is 195 Å². The minimum absolute atomic E-state index is 0.0711. The van der Waals surface area contributed by atoms with Crippen molar-refractivity contribution < 1.29 is 17.9 Å². The predicted octanol–water partition coefficient (Wildman–Crippen LogP) is 3.17. The molecule has 0 aliphatic carbocycles. The maximum atomic E-state index is 12.8. The predicted molar refractivity (Wildman–Crippen MR) is 127 cm³/mol. The maximum Gasteiger partial charge on any atom is 0.251 e. The third-order valence-electron chi connectivity index (χ3n) is 4.99. The van der Waals surface area contributed by atoms with Gasteiger partial charge in [0.05, 0.1) is 19.3 Å². The van der Waals surface area contributed by atoms with E-state index in [0.717, 1.165) is 22.5 Å². The van der Waals surface area contributed by atoms with E-state index in [1.54, 1.807) is 19.9 Å². The van der Waals surface area contributed by atoms with Crippen molar-refractivity contribution in [2.45, 2.75) is 51.7 Å². The largest absolute Gasteiger partial charge is 0.495 e. The van der Waals surface area contributed by atoms with Gasteiger partial charge in [0.15, 0.2) is 0 Å². The molecule has 176 valence electrons. The van der Waals surface area contributed by atoms with Gasteiger partial charge >= 0.3 is 0 Å².